The van der Waals surface area contributed by atoms with Gasteiger partial charge in [0, 0.05) is 24.8 Å². The Morgan fingerprint density at radius 2 is 1.89 bits per heavy atom. The first-order valence-electron chi connectivity index (χ1n) is 10.0. The number of benzene rings is 2. The summed E-state index contributed by atoms with van der Waals surface area (Å²) in [7, 11) is 0. The predicted octanol–water partition coefficient (Wildman–Crippen LogP) is 4.33. The van der Waals surface area contributed by atoms with Gasteiger partial charge in [-0.05, 0) is 49.4 Å². The van der Waals surface area contributed by atoms with Crippen molar-refractivity contribution in [2.75, 3.05) is 23.3 Å². The Balaban J connectivity index is 1.41. The van der Waals surface area contributed by atoms with Gasteiger partial charge in [0.05, 0.1) is 10.2 Å². The van der Waals surface area contributed by atoms with Crippen molar-refractivity contribution in [1.82, 2.24) is 10.3 Å². The van der Waals surface area contributed by atoms with Crippen molar-refractivity contribution in [2.45, 2.75) is 37.8 Å². The van der Waals surface area contributed by atoms with E-state index in [1.54, 1.807) is 11.3 Å². The van der Waals surface area contributed by atoms with E-state index in [1.165, 1.54) is 12.8 Å². The minimum absolute atomic E-state index is 0.0378. The summed E-state index contributed by atoms with van der Waals surface area (Å²) in [5, 5.41) is 7.69. The van der Waals surface area contributed by atoms with Gasteiger partial charge < -0.3 is 15.5 Å². The SMILES string of the molecule is O=C(NC1CC1)[C@H](Nc1ccc2nc(N3CCCC3)sc2c1)c1ccccc1. The van der Waals surface area contributed by atoms with E-state index in [0.29, 0.717) is 6.04 Å². The normalized spacial score (nSPS) is 17.6. The smallest absolute Gasteiger partial charge is 0.247 e. The van der Waals surface area contributed by atoms with Crippen molar-refractivity contribution >= 4 is 38.3 Å². The first-order valence-corrected chi connectivity index (χ1v) is 10.9. The number of nitrogens with one attached hydrogen (secondary N) is 2. The number of thiazole rings is 1. The zero-order valence-corrected chi connectivity index (χ0v) is 16.5. The fourth-order valence-electron chi connectivity index (χ4n) is 3.67. The van der Waals surface area contributed by atoms with Crippen molar-refractivity contribution in [1.29, 1.82) is 0 Å². The third-order valence-electron chi connectivity index (χ3n) is 5.38. The second kappa shape index (κ2) is 7.43. The average Bonchev–Trinajstić information content (AvgIpc) is 3.20. The zero-order valence-electron chi connectivity index (χ0n) is 15.7. The zero-order chi connectivity index (χ0) is 18.9. The summed E-state index contributed by atoms with van der Waals surface area (Å²) in [6.07, 6.45) is 4.66. The molecular weight excluding hydrogens is 368 g/mol. The molecule has 1 atom stereocenters. The van der Waals surface area contributed by atoms with Gasteiger partial charge in [-0.1, -0.05) is 41.7 Å². The molecule has 2 N–H and O–H groups in total. The predicted molar refractivity (Wildman–Crippen MR) is 115 cm³/mol. The summed E-state index contributed by atoms with van der Waals surface area (Å²) < 4.78 is 1.15. The first kappa shape index (κ1) is 17.5. The van der Waals surface area contributed by atoms with Crippen LogP contribution in [-0.4, -0.2) is 30.0 Å². The molecule has 0 bridgehead atoms. The molecule has 1 amide bonds. The van der Waals surface area contributed by atoms with Gasteiger partial charge in [-0.25, -0.2) is 4.98 Å². The fourth-order valence-corrected chi connectivity index (χ4v) is 4.73. The molecule has 0 radical (unpaired) electrons. The van der Waals surface area contributed by atoms with Crippen LogP contribution in [0.4, 0.5) is 10.8 Å². The fraction of sp³-hybridized carbons (Fsp3) is 0.364. The minimum Gasteiger partial charge on any atom is -0.370 e. The van der Waals surface area contributed by atoms with Crippen LogP contribution < -0.4 is 15.5 Å². The number of aromatic nitrogens is 1. The Hall–Kier alpha value is -2.60. The van der Waals surface area contributed by atoms with Crippen LogP contribution in [-0.2, 0) is 4.79 Å². The second-order valence-electron chi connectivity index (χ2n) is 7.64. The van der Waals surface area contributed by atoms with Crippen LogP contribution in [0.3, 0.4) is 0 Å². The largest absolute Gasteiger partial charge is 0.370 e. The summed E-state index contributed by atoms with van der Waals surface area (Å²) in [5.41, 5.74) is 2.95. The van der Waals surface area contributed by atoms with E-state index in [0.717, 1.165) is 52.5 Å². The van der Waals surface area contributed by atoms with E-state index in [4.69, 9.17) is 4.98 Å². The number of nitrogens with zero attached hydrogens (tertiary/aromatic N) is 2. The molecule has 1 aliphatic heterocycles. The van der Waals surface area contributed by atoms with E-state index >= 15 is 0 Å². The van der Waals surface area contributed by atoms with Gasteiger partial charge in [0.15, 0.2) is 5.13 Å². The average molecular weight is 393 g/mol. The van der Waals surface area contributed by atoms with Crippen LogP contribution in [0, 0.1) is 0 Å². The van der Waals surface area contributed by atoms with E-state index < -0.39 is 6.04 Å². The summed E-state index contributed by atoms with van der Waals surface area (Å²) in [6, 6.07) is 16.1. The Morgan fingerprint density at radius 3 is 2.64 bits per heavy atom. The first-order chi connectivity index (χ1) is 13.8. The monoisotopic (exact) mass is 392 g/mol. The van der Waals surface area contributed by atoms with E-state index in [1.807, 2.05) is 36.4 Å². The lowest BCUT2D eigenvalue weighted by Gasteiger charge is -2.20. The van der Waals surface area contributed by atoms with Crippen molar-refractivity contribution in [2.24, 2.45) is 0 Å². The van der Waals surface area contributed by atoms with E-state index in [-0.39, 0.29) is 5.91 Å². The van der Waals surface area contributed by atoms with Gasteiger partial charge >= 0.3 is 0 Å². The van der Waals surface area contributed by atoms with Gasteiger partial charge in [0.2, 0.25) is 5.91 Å². The van der Waals surface area contributed by atoms with Crippen LogP contribution in [0.5, 0.6) is 0 Å². The molecule has 2 fully saturated rings. The molecule has 5 rings (SSSR count). The Morgan fingerprint density at radius 1 is 1.11 bits per heavy atom. The van der Waals surface area contributed by atoms with Gasteiger partial charge in [0.25, 0.3) is 0 Å². The molecule has 1 aliphatic carbocycles. The molecule has 0 spiro atoms. The molecule has 1 saturated carbocycles. The lowest BCUT2D eigenvalue weighted by molar-refractivity contribution is -0.122. The maximum atomic E-state index is 12.9. The topological polar surface area (TPSA) is 57.3 Å². The van der Waals surface area contributed by atoms with Crippen LogP contribution in [0.15, 0.2) is 48.5 Å². The standard InChI is InChI=1S/C22H24N4OS/c27-21(24-16-8-9-16)20(15-6-2-1-3-7-15)23-17-10-11-18-19(14-17)28-22(25-18)26-12-4-5-13-26/h1-3,6-7,10-11,14,16,20,23H,4-5,8-9,12-13H2,(H,24,27)/t20-/m1/s1. The lowest BCUT2D eigenvalue weighted by Crippen LogP contribution is -2.34. The second-order valence-corrected chi connectivity index (χ2v) is 8.65. The van der Waals surface area contributed by atoms with Crippen molar-refractivity contribution in [3.63, 3.8) is 0 Å². The lowest BCUT2D eigenvalue weighted by atomic mass is 10.1. The van der Waals surface area contributed by atoms with Crippen molar-refractivity contribution in [3.8, 4) is 0 Å². The highest BCUT2D eigenvalue weighted by Gasteiger charge is 2.28. The molecule has 1 aromatic heterocycles. The number of hydrogen-bond donors (Lipinski definition) is 2. The molecule has 1 saturated heterocycles. The van der Waals surface area contributed by atoms with Crippen LogP contribution in [0.2, 0.25) is 0 Å². The van der Waals surface area contributed by atoms with Gasteiger partial charge in [-0.3, -0.25) is 4.79 Å². The maximum Gasteiger partial charge on any atom is 0.247 e. The Bertz CT molecular complexity index is 977. The molecule has 6 heteroatoms. The third-order valence-corrected chi connectivity index (χ3v) is 6.46. The van der Waals surface area contributed by atoms with E-state index in [9.17, 15) is 4.79 Å². The number of amides is 1. The number of anilines is 2. The summed E-state index contributed by atoms with van der Waals surface area (Å²) in [6.45, 7) is 2.20. The summed E-state index contributed by atoms with van der Waals surface area (Å²) >= 11 is 1.73. The molecule has 2 aliphatic rings. The highest BCUT2D eigenvalue weighted by molar-refractivity contribution is 7.22. The molecule has 144 valence electrons. The quantitative estimate of drug-likeness (QED) is 0.656. The molecule has 2 heterocycles. The van der Waals surface area contributed by atoms with Gasteiger partial charge in [-0.2, -0.15) is 0 Å². The highest BCUT2D eigenvalue weighted by atomic mass is 32.1. The van der Waals surface area contributed by atoms with Gasteiger partial charge in [0.1, 0.15) is 6.04 Å². The molecule has 5 nitrogen and oxygen atoms in total. The van der Waals surface area contributed by atoms with E-state index in [2.05, 4.69) is 27.7 Å². The number of carbonyl (C=O) groups excluding carboxylic acids is 1. The minimum atomic E-state index is -0.398. The summed E-state index contributed by atoms with van der Waals surface area (Å²) in [4.78, 5) is 20.0. The molecule has 0 unspecified atom stereocenters. The Kier molecular flexibility index (Phi) is 4.64. The van der Waals surface area contributed by atoms with Gasteiger partial charge in [-0.15, -0.1) is 0 Å². The van der Waals surface area contributed by atoms with Crippen LogP contribution in [0.25, 0.3) is 10.2 Å². The van der Waals surface area contributed by atoms with Crippen molar-refractivity contribution in [3.05, 3.63) is 54.1 Å². The third kappa shape index (κ3) is 3.69. The summed E-state index contributed by atoms with van der Waals surface area (Å²) in [5.74, 6) is 0.0378. The highest BCUT2D eigenvalue weighted by Crippen LogP contribution is 2.33. The molecule has 28 heavy (non-hydrogen) atoms. The molecule has 3 aromatic rings. The maximum absolute atomic E-state index is 12.9. The Labute approximate surface area is 168 Å². The van der Waals surface area contributed by atoms with Crippen LogP contribution in [0.1, 0.15) is 37.3 Å². The van der Waals surface area contributed by atoms with Crippen molar-refractivity contribution < 1.29 is 4.79 Å². The number of rotatable bonds is 6. The number of fused-ring (bicyclic) bond motifs is 1. The number of hydrogen-bond acceptors (Lipinski definition) is 5. The number of carbonyl (C=O) groups is 1. The molecule has 2 aromatic carbocycles. The molecular formula is C22H24N4OS. The van der Waals surface area contributed by atoms with Crippen LogP contribution >= 0.6 is 11.3 Å².